The van der Waals surface area contributed by atoms with E-state index in [1.54, 1.807) is 0 Å². The van der Waals surface area contributed by atoms with Crippen LogP contribution >= 0.6 is 0 Å². The third kappa shape index (κ3) is 2.39. The van der Waals surface area contributed by atoms with Crippen LogP contribution in [0.2, 0.25) is 0 Å². The zero-order chi connectivity index (χ0) is 17.0. The van der Waals surface area contributed by atoms with Crippen molar-refractivity contribution in [2.24, 2.45) is 5.41 Å². The lowest BCUT2D eigenvalue weighted by molar-refractivity contribution is -0.119. The van der Waals surface area contributed by atoms with Crippen LogP contribution in [0.15, 0.2) is 18.2 Å². The van der Waals surface area contributed by atoms with E-state index in [0.717, 1.165) is 60.6 Å². The molecule has 1 N–H and O–H groups in total. The van der Waals surface area contributed by atoms with Gasteiger partial charge in [0.05, 0.1) is 5.52 Å². The Labute approximate surface area is 146 Å². The predicted octanol–water partition coefficient (Wildman–Crippen LogP) is 2.38. The molecule has 0 radical (unpaired) electrons. The second kappa shape index (κ2) is 5.25. The number of rotatable bonds is 1. The van der Waals surface area contributed by atoms with Crippen molar-refractivity contribution in [2.45, 2.75) is 26.2 Å². The van der Waals surface area contributed by atoms with E-state index in [0.29, 0.717) is 6.42 Å². The number of carbonyl (C=O) groups excluding carboxylic acids is 1. The number of ether oxygens (including phenoxy) is 2. The highest BCUT2D eigenvalue weighted by Crippen LogP contribution is 2.42. The zero-order valence-corrected chi connectivity index (χ0v) is 14.3. The van der Waals surface area contributed by atoms with Crippen LogP contribution in [0.3, 0.4) is 0 Å². The third-order valence-electron chi connectivity index (χ3n) is 5.77. The van der Waals surface area contributed by atoms with Gasteiger partial charge in [0, 0.05) is 48.9 Å². The monoisotopic (exact) mass is 339 g/mol. The molecule has 1 aromatic heterocycles. The Kier molecular flexibility index (Phi) is 3.11. The number of pyridine rings is 1. The van der Waals surface area contributed by atoms with E-state index >= 15 is 0 Å². The smallest absolute Gasteiger partial charge is 0.231 e. The second-order valence-electron chi connectivity index (χ2n) is 7.45. The highest BCUT2D eigenvalue weighted by molar-refractivity contribution is 5.94. The molecule has 0 saturated carbocycles. The molecule has 2 aromatic rings. The molecule has 6 nitrogen and oxygen atoms in total. The largest absolute Gasteiger partial charge is 0.454 e. The fraction of sp³-hybridized carbons (Fsp3) is 0.474. The van der Waals surface area contributed by atoms with Crippen molar-refractivity contribution in [3.05, 3.63) is 23.9 Å². The maximum atomic E-state index is 11.6. The number of fused-ring (bicyclic) bond motifs is 2. The molecule has 5 rings (SSSR count). The van der Waals surface area contributed by atoms with Crippen molar-refractivity contribution >= 4 is 22.5 Å². The summed E-state index contributed by atoms with van der Waals surface area (Å²) in [6, 6.07) is 6.17. The first kappa shape index (κ1) is 14.8. The minimum atomic E-state index is 0.156. The molecule has 0 aliphatic carbocycles. The van der Waals surface area contributed by atoms with Gasteiger partial charge in [-0.2, -0.15) is 0 Å². The fourth-order valence-corrected chi connectivity index (χ4v) is 4.32. The number of aryl methyl sites for hydroxylation is 1. The van der Waals surface area contributed by atoms with Gasteiger partial charge in [-0.1, -0.05) is 0 Å². The average Bonchev–Trinajstić information content (AvgIpc) is 3.19. The summed E-state index contributed by atoms with van der Waals surface area (Å²) in [5, 5.41) is 4.11. The van der Waals surface area contributed by atoms with E-state index < -0.39 is 0 Å². The van der Waals surface area contributed by atoms with Gasteiger partial charge in [-0.15, -0.1) is 0 Å². The Morgan fingerprint density at radius 1 is 1.16 bits per heavy atom. The summed E-state index contributed by atoms with van der Waals surface area (Å²) in [6.45, 7) is 5.05. The Balaban J connectivity index is 1.50. The summed E-state index contributed by atoms with van der Waals surface area (Å²) in [6.07, 6.45) is 2.76. The van der Waals surface area contributed by atoms with Gasteiger partial charge in [-0.05, 0) is 37.3 Å². The predicted molar refractivity (Wildman–Crippen MR) is 94.1 cm³/mol. The van der Waals surface area contributed by atoms with E-state index in [-0.39, 0.29) is 18.1 Å². The second-order valence-corrected chi connectivity index (χ2v) is 7.45. The van der Waals surface area contributed by atoms with Gasteiger partial charge >= 0.3 is 0 Å². The molecule has 3 aliphatic rings. The van der Waals surface area contributed by atoms with Gasteiger partial charge < -0.3 is 19.7 Å². The number of anilines is 1. The maximum absolute atomic E-state index is 11.6. The maximum Gasteiger partial charge on any atom is 0.231 e. The molecule has 0 atom stereocenters. The average molecular weight is 339 g/mol. The van der Waals surface area contributed by atoms with Gasteiger partial charge in [-0.3, -0.25) is 9.78 Å². The SMILES string of the molecule is Cc1cc(N2CCC3(CC2)CNC(=O)C3)c2cc3c(cc2n1)OCO3. The molecule has 0 unspecified atom stereocenters. The van der Waals surface area contributed by atoms with Gasteiger partial charge in [0.2, 0.25) is 12.7 Å². The van der Waals surface area contributed by atoms with Crippen LogP contribution < -0.4 is 19.7 Å². The molecule has 3 aliphatic heterocycles. The quantitative estimate of drug-likeness (QED) is 0.864. The number of hydrogen-bond donors (Lipinski definition) is 1. The van der Waals surface area contributed by atoms with Gasteiger partial charge in [-0.25, -0.2) is 0 Å². The Morgan fingerprint density at radius 3 is 2.64 bits per heavy atom. The van der Waals surface area contributed by atoms with Gasteiger partial charge in [0.1, 0.15) is 0 Å². The molecule has 25 heavy (non-hydrogen) atoms. The Hall–Kier alpha value is -2.50. The van der Waals surface area contributed by atoms with Crippen molar-refractivity contribution in [1.82, 2.24) is 10.3 Å². The van der Waals surface area contributed by atoms with E-state index in [9.17, 15) is 4.79 Å². The molecule has 2 saturated heterocycles. The lowest BCUT2D eigenvalue weighted by Gasteiger charge is -2.39. The number of hydrogen-bond acceptors (Lipinski definition) is 5. The van der Waals surface area contributed by atoms with Crippen molar-refractivity contribution in [1.29, 1.82) is 0 Å². The van der Waals surface area contributed by atoms with Crippen molar-refractivity contribution in [3.63, 3.8) is 0 Å². The van der Waals surface area contributed by atoms with Crippen LogP contribution in [0.25, 0.3) is 10.9 Å². The first-order valence-corrected chi connectivity index (χ1v) is 8.85. The standard InChI is InChI=1S/C19H21N3O3/c1-12-6-15(13-7-16-17(25-11-24-16)8-14(13)21-12)22-4-2-19(3-5-22)9-18(23)20-10-19/h6-8H,2-5,9-11H2,1H3,(H,20,23). The Morgan fingerprint density at radius 2 is 1.92 bits per heavy atom. The topological polar surface area (TPSA) is 63.7 Å². The summed E-state index contributed by atoms with van der Waals surface area (Å²) in [5.74, 6) is 1.76. The van der Waals surface area contributed by atoms with E-state index in [4.69, 9.17) is 9.47 Å². The normalized spacial score (nSPS) is 21.2. The molecule has 4 heterocycles. The molecule has 130 valence electrons. The number of amides is 1. The number of carbonyl (C=O) groups is 1. The van der Waals surface area contributed by atoms with Crippen molar-refractivity contribution < 1.29 is 14.3 Å². The third-order valence-corrected chi connectivity index (χ3v) is 5.77. The van der Waals surface area contributed by atoms with E-state index in [2.05, 4.69) is 21.3 Å². The van der Waals surface area contributed by atoms with Gasteiger partial charge in [0.25, 0.3) is 0 Å². The fourth-order valence-electron chi connectivity index (χ4n) is 4.32. The molecular formula is C19H21N3O3. The summed E-state index contributed by atoms with van der Waals surface area (Å²) >= 11 is 0. The highest BCUT2D eigenvalue weighted by Gasteiger charge is 2.41. The van der Waals surface area contributed by atoms with Crippen molar-refractivity contribution in [2.75, 3.05) is 31.3 Å². The first-order valence-electron chi connectivity index (χ1n) is 8.85. The van der Waals surface area contributed by atoms with Crippen LogP contribution in [0.4, 0.5) is 5.69 Å². The highest BCUT2D eigenvalue weighted by atomic mass is 16.7. The van der Waals surface area contributed by atoms with Crippen LogP contribution in [-0.4, -0.2) is 37.3 Å². The van der Waals surface area contributed by atoms with Crippen LogP contribution in [0, 0.1) is 12.3 Å². The summed E-state index contributed by atoms with van der Waals surface area (Å²) in [4.78, 5) is 18.7. The molecule has 1 aromatic carbocycles. The number of nitrogens with one attached hydrogen (secondary N) is 1. The van der Waals surface area contributed by atoms with Crippen LogP contribution in [0.1, 0.15) is 25.0 Å². The molecule has 2 fully saturated rings. The number of benzene rings is 1. The van der Waals surface area contributed by atoms with Crippen LogP contribution in [0.5, 0.6) is 11.5 Å². The first-order chi connectivity index (χ1) is 12.1. The van der Waals surface area contributed by atoms with Crippen molar-refractivity contribution in [3.8, 4) is 11.5 Å². The molecule has 1 spiro atoms. The molecular weight excluding hydrogens is 318 g/mol. The lowest BCUT2D eigenvalue weighted by atomic mass is 9.77. The molecule has 0 bridgehead atoms. The lowest BCUT2D eigenvalue weighted by Crippen LogP contribution is -2.41. The van der Waals surface area contributed by atoms with E-state index in [1.165, 1.54) is 5.69 Å². The van der Waals surface area contributed by atoms with Crippen LogP contribution in [-0.2, 0) is 4.79 Å². The minimum absolute atomic E-state index is 0.156. The minimum Gasteiger partial charge on any atom is -0.454 e. The summed E-state index contributed by atoms with van der Waals surface area (Å²) in [7, 11) is 0. The molecule has 1 amide bonds. The summed E-state index contributed by atoms with van der Waals surface area (Å²) < 4.78 is 11.0. The summed E-state index contributed by atoms with van der Waals surface area (Å²) in [5.41, 5.74) is 3.30. The number of nitrogens with zero attached hydrogens (tertiary/aromatic N) is 2. The van der Waals surface area contributed by atoms with Gasteiger partial charge in [0.15, 0.2) is 11.5 Å². The number of aromatic nitrogens is 1. The Bertz CT molecular complexity index is 872. The zero-order valence-electron chi connectivity index (χ0n) is 14.3. The molecule has 6 heteroatoms. The number of piperidine rings is 1. The van der Waals surface area contributed by atoms with E-state index in [1.807, 2.05) is 19.1 Å².